The summed E-state index contributed by atoms with van der Waals surface area (Å²) in [4.78, 5) is 24.2. The van der Waals surface area contributed by atoms with Crippen LogP contribution in [-0.2, 0) is 21.2 Å². The van der Waals surface area contributed by atoms with Crippen molar-refractivity contribution >= 4 is 11.9 Å². The van der Waals surface area contributed by atoms with Crippen molar-refractivity contribution in [3.05, 3.63) is 71.3 Å². The summed E-state index contributed by atoms with van der Waals surface area (Å²) >= 11 is 0. The van der Waals surface area contributed by atoms with Gasteiger partial charge in [0.2, 0.25) is 5.91 Å². The van der Waals surface area contributed by atoms with Gasteiger partial charge >= 0.3 is 12.1 Å². The zero-order valence-electron chi connectivity index (χ0n) is 15.2. The molecule has 1 saturated carbocycles. The van der Waals surface area contributed by atoms with Crippen LogP contribution < -0.4 is 5.32 Å². The summed E-state index contributed by atoms with van der Waals surface area (Å²) in [6, 6.07) is 13.6. The number of carbonyl (C=O) groups is 2. The van der Waals surface area contributed by atoms with E-state index in [1.807, 2.05) is 0 Å². The number of aliphatic carboxylic acids is 1. The van der Waals surface area contributed by atoms with Crippen LogP contribution in [0.15, 0.2) is 54.6 Å². The third kappa shape index (κ3) is 4.03. The molecule has 148 valence electrons. The van der Waals surface area contributed by atoms with Crippen LogP contribution in [0.4, 0.5) is 13.2 Å². The van der Waals surface area contributed by atoms with Gasteiger partial charge in [0.1, 0.15) is 5.41 Å². The molecule has 7 heteroatoms. The number of hydrogen-bond acceptors (Lipinski definition) is 2. The minimum absolute atomic E-state index is 0.100. The van der Waals surface area contributed by atoms with Crippen LogP contribution in [-0.4, -0.2) is 23.5 Å². The van der Waals surface area contributed by atoms with E-state index in [2.05, 4.69) is 5.32 Å². The molecule has 0 heterocycles. The third-order valence-corrected chi connectivity index (χ3v) is 5.27. The van der Waals surface area contributed by atoms with Gasteiger partial charge in [0, 0.05) is 12.5 Å². The first-order valence-electron chi connectivity index (χ1n) is 8.87. The fourth-order valence-corrected chi connectivity index (χ4v) is 3.30. The van der Waals surface area contributed by atoms with E-state index in [0.717, 1.165) is 12.1 Å². The summed E-state index contributed by atoms with van der Waals surface area (Å²) in [6.45, 7) is 1.43. The Hall–Kier alpha value is -2.83. The molecule has 3 unspecified atom stereocenters. The number of alkyl halides is 3. The van der Waals surface area contributed by atoms with Crippen molar-refractivity contribution in [1.82, 2.24) is 5.32 Å². The zero-order valence-corrected chi connectivity index (χ0v) is 15.2. The van der Waals surface area contributed by atoms with Gasteiger partial charge < -0.3 is 10.4 Å². The van der Waals surface area contributed by atoms with Crippen molar-refractivity contribution in [3.63, 3.8) is 0 Å². The number of nitrogens with one attached hydrogen (secondary N) is 1. The lowest BCUT2D eigenvalue weighted by molar-refractivity contribution is -0.143. The zero-order chi connectivity index (χ0) is 20.5. The Morgan fingerprint density at radius 1 is 1.07 bits per heavy atom. The van der Waals surface area contributed by atoms with E-state index in [1.54, 1.807) is 36.4 Å². The minimum Gasteiger partial charge on any atom is -0.481 e. The van der Waals surface area contributed by atoms with Gasteiger partial charge in [-0.05, 0) is 36.5 Å². The molecule has 1 amide bonds. The molecular formula is C21H20F3NO3. The molecule has 2 aromatic carbocycles. The van der Waals surface area contributed by atoms with E-state index in [9.17, 15) is 27.9 Å². The molecule has 2 N–H and O–H groups in total. The van der Waals surface area contributed by atoms with Crippen LogP contribution in [0.3, 0.4) is 0 Å². The SMILES string of the molecule is CC(CNC(=O)C1CC1c1cccc(C(F)(F)F)c1)(C(=O)O)c1ccccc1. The number of benzene rings is 2. The van der Waals surface area contributed by atoms with E-state index in [4.69, 9.17) is 0 Å². The highest BCUT2D eigenvalue weighted by Crippen LogP contribution is 2.48. The number of carbonyl (C=O) groups excluding carboxylic acids is 1. The maximum absolute atomic E-state index is 12.9. The number of hydrogen-bond donors (Lipinski definition) is 2. The molecule has 0 saturated heterocycles. The number of rotatable bonds is 6. The molecule has 0 radical (unpaired) electrons. The fraction of sp³-hybridized carbons (Fsp3) is 0.333. The number of carboxylic acid groups (broad SMARTS) is 1. The van der Waals surface area contributed by atoms with Gasteiger partial charge in [-0.2, -0.15) is 13.2 Å². The van der Waals surface area contributed by atoms with Gasteiger partial charge in [0.15, 0.2) is 0 Å². The molecule has 1 aliphatic carbocycles. The standard InChI is InChI=1S/C21H20F3NO3/c1-20(19(27)28,14-7-3-2-4-8-14)12-25-18(26)17-11-16(17)13-6-5-9-15(10-13)21(22,23)24/h2-10,16-17H,11-12H2,1H3,(H,25,26)(H,27,28). The Kier molecular flexibility index (Phi) is 5.19. The minimum atomic E-state index is -4.43. The second kappa shape index (κ2) is 7.30. The first-order valence-corrected chi connectivity index (χ1v) is 8.87. The van der Waals surface area contributed by atoms with E-state index in [0.29, 0.717) is 17.5 Å². The van der Waals surface area contributed by atoms with Crippen molar-refractivity contribution in [2.75, 3.05) is 6.54 Å². The molecular weight excluding hydrogens is 371 g/mol. The number of carboxylic acids is 1. The molecule has 3 atom stereocenters. The van der Waals surface area contributed by atoms with Crippen molar-refractivity contribution in [1.29, 1.82) is 0 Å². The highest BCUT2D eigenvalue weighted by atomic mass is 19.4. The van der Waals surface area contributed by atoms with Crippen LogP contribution in [0.1, 0.15) is 36.0 Å². The summed E-state index contributed by atoms with van der Waals surface area (Å²) in [6.07, 6.45) is -3.98. The summed E-state index contributed by atoms with van der Waals surface area (Å²) in [5.41, 5.74) is -0.997. The fourth-order valence-electron chi connectivity index (χ4n) is 3.30. The van der Waals surface area contributed by atoms with Gasteiger partial charge in [-0.25, -0.2) is 0 Å². The van der Waals surface area contributed by atoms with Crippen LogP contribution in [0.25, 0.3) is 0 Å². The lowest BCUT2D eigenvalue weighted by Gasteiger charge is -2.25. The van der Waals surface area contributed by atoms with Crippen LogP contribution in [0.5, 0.6) is 0 Å². The summed E-state index contributed by atoms with van der Waals surface area (Å²) in [5, 5.41) is 12.3. The molecule has 0 aromatic heterocycles. The first-order chi connectivity index (χ1) is 13.1. The normalized spacial score (nSPS) is 20.9. The van der Waals surface area contributed by atoms with Gasteiger partial charge in [0.25, 0.3) is 0 Å². The van der Waals surface area contributed by atoms with E-state index in [-0.39, 0.29) is 18.4 Å². The van der Waals surface area contributed by atoms with Gasteiger partial charge in [-0.1, -0.05) is 48.5 Å². The first kappa shape index (κ1) is 19.9. The Balaban J connectivity index is 1.66. The molecule has 1 aliphatic rings. The van der Waals surface area contributed by atoms with Crippen molar-refractivity contribution in [2.24, 2.45) is 5.92 Å². The molecule has 0 spiro atoms. The lowest BCUT2D eigenvalue weighted by atomic mass is 9.82. The molecule has 28 heavy (non-hydrogen) atoms. The Bertz CT molecular complexity index is 882. The highest BCUT2D eigenvalue weighted by molar-refractivity contribution is 5.85. The summed E-state index contributed by atoms with van der Waals surface area (Å²) < 4.78 is 38.6. The third-order valence-electron chi connectivity index (χ3n) is 5.27. The molecule has 4 nitrogen and oxygen atoms in total. The predicted octanol–water partition coefficient (Wildman–Crippen LogP) is 3.97. The van der Waals surface area contributed by atoms with Crippen molar-refractivity contribution in [2.45, 2.75) is 30.9 Å². The predicted molar refractivity (Wildman–Crippen MR) is 96.7 cm³/mol. The maximum Gasteiger partial charge on any atom is 0.416 e. The van der Waals surface area contributed by atoms with E-state index >= 15 is 0 Å². The molecule has 2 aromatic rings. The van der Waals surface area contributed by atoms with E-state index in [1.165, 1.54) is 13.0 Å². The molecule has 3 rings (SSSR count). The van der Waals surface area contributed by atoms with Gasteiger partial charge in [-0.3, -0.25) is 9.59 Å². The quantitative estimate of drug-likeness (QED) is 0.783. The lowest BCUT2D eigenvalue weighted by Crippen LogP contribution is -2.44. The Labute approximate surface area is 160 Å². The van der Waals surface area contributed by atoms with Crippen LogP contribution >= 0.6 is 0 Å². The van der Waals surface area contributed by atoms with Gasteiger partial charge in [0.05, 0.1) is 5.56 Å². The van der Waals surface area contributed by atoms with Crippen molar-refractivity contribution in [3.8, 4) is 0 Å². The summed E-state index contributed by atoms with van der Waals surface area (Å²) in [5.74, 6) is -2.14. The average molecular weight is 391 g/mol. The topological polar surface area (TPSA) is 66.4 Å². The number of halogens is 3. The van der Waals surface area contributed by atoms with Gasteiger partial charge in [-0.15, -0.1) is 0 Å². The molecule has 0 aliphatic heterocycles. The smallest absolute Gasteiger partial charge is 0.416 e. The molecule has 1 fully saturated rings. The number of amides is 1. The van der Waals surface area contributed by atoms with Crippen LogP contribution in [0, 0.1) is 5.92 Å². The highest BCUT2D eigenvalue weighted by Gasteiger charge is 2.45. The molecule has 0 bridgehead atoms. The summed E-state index contributed by atoms with van der Waals surface area (Å²) in [7, 11) is 0. The average Bonchev–Trinajstić information content (AvgIpc) is 3.47. The monoisotopic (exact) mass is 391 g/mol. The van der Waals surface area contributed by atoms with E-state index < -0.39 is 29.0 Å². The maximum atomic E-state index is 12.9. The second-order valence-electron chi connectivity index (χ2n) is 7.29. The Morgan fingerprint density at radius 2 is 1.71 bits per heavy atom. The van der Waals surface area contributed by atoms with Crippen molar-refractivity contribution < 1.29 is 27.9 Å². The Morgan fingerprint density at radius 3 is 2.32 bits per heavy atom. The van der Waals surface area contributed by atoms with Crippen LogP contribution in [0.2, 0.25) is 0 Å². The second-order valence-corrected chi connectivity index (χ2v) is 7.29. The largest absolute Gasteiger partial charge is 0.481 e.